The fourth-order valence-corrected chi connectivity index (χ4v) is 2.87. The first-order chi connectivity index (χ1) is 17.3. The summed E-state index contributed by atoms with van der Waals surface area (Å²) in [6, 6.07) is 0. The molecule has 0 aromatic heterocycles. The van der Waals surface area contributed by atoms with E-state index in [4.69, 9.17) is 23.7 Å². The average Bonchev–Trinajstić information content (AvgIpc) is 2.86. The van der Waals surface area contributed by atoms with E-state index in [9.17, 15) is 18.8 Å². The van der Waals surface area contributed by atoms with Gasteiger partial charge in [0, 0.05) is 18.4 Å². The van der Waals surface area contributed by atoms with Crippen molar-refractivity contribution in [1.29, 1.82) is 0 Å². The molecule has 0 fully saturated rings. The Morgan fingerprint density at radius 2 is 1.22 bits per heavy atom. The van der Waals surface area contributed by atoms with Gasteiger partial charge in [0.05, 0.1) is 66.0 Å². The Kier molecular flexibility index (Phi) is 22.6. The van der Waals surface area contributed by atoms with Crippen LogP contribution >= 0.6 is 0 Å². The van der Waals surface area contributed by atoms with Crippen LogP contribution in [0.25, 0.3) is 0 Å². The number of nitrogens with one attached hydrogen (secondary N) is 2. The Morgan fingerprint density at radius 1 is 0.722 bits per heavy atom. The summed E-state index contributed by atoms with van der Waals surface area (Å²) in [4.78, 5) is 35.1. The Balaban J connectivity index is 3.45. The van der Waals surface area contributed by atoms with Gasteiger partial charge in [0.1, 0.15) is 6.61 Å². The van der Waals surface area contributed by atoms with Gasteiger partial charge in [-0.1, -0.05) is 34.1 Å². The van der Waals surface area contributed by atoms with Crippen molar-refractivity contribution in [1.82, 2.24) is 10.6 Å². The number of amides is 2. The third-order valence-electron chi connectivity index (χ3n) is 5.16. The van der Waals surface area contributed by atoms with E-state index in [-0.39, 0.29) is 49.8 Å². The van der Waals surface area contributed by atoms with E-state index in [2.05, 4.69) is 10.6 Å². The van der Waals surface area contributed by atoms with E-state index >= 15 is 0 Å². The molecule has 212 valence electrons. The molecule has 11 heteroatoms. The first-order valence-corrected chi connectivity index (χ1v) is 12.9. The minimum atomic E-state index is -1.80. The number of hydrogen-bond acceptors (Lipinski definition) is 8. The average molecular weight is 523 g/mol. The molecule has 10 nitrogen and oxygen atoms in total. The Bertz CT molecular complexity index is 580. The fraction of sp³-hybridized carbons (Fsp3) is 0.880. The summed E-state index contributed by atoms with van der Waals surface area (Å²) in [5, 5.41) is 4.95. The van der Waals surface area contributed by atoms with Gasteiger partial charge in [0.25, 0.3) is 5.91 Å². The highest BCUT2D eigenvalue weighted by Crippen LogP contribution is 2.10. The number of carbonyl (C=O) groups excluding carboxylic acids is 3. The lowest BCUT2D eigenvalue weighted by atomic mass is 10.00. The van der Waals surface area contributed by atoms with Gasteiger partial charge in [-0.15, -0.1) is 0 Å². The van der Waals surface area contributed by atoms with Gasteiger partial charge in [0.15, 0.2) is 12.0 Å². The van der Waals surface area contributed by atoms with Gasteiger partial charge in [-0.25, -0.2) is 4.39 Å². The van der Waals surface area contributed by atoms with Crippen LogP contribution < -0.4 is 10.6 Å². The molecule has 0 saturated carbocycles. The maximum absolute atomic E-state index is 13.9. The van der Waals surface area contributed by atoms with E-state index in [1.807, 2.05) is 27.7 Å². The lowest BCUT2D eigenvalue weighted by Crippen LogP contribution is -2.42. The molecule has 0 bridgehead atoms. The van der Waals surface area contributed by atoms with E-state index in [0.717, 1.165) is 12.8 Å². The number of rotatable bonds is 25. The third kappa shape index (κ3) is 19.5. The van der Waals surface area contributed by atoms with Crippen LogP contribution in [0.4, 0.5) is 4.39 Å². The molecular formula is C25H47FN2O8. The van der Waals surface area contributed by atoms with Crippen LogP contribution in [0.3, 0.4) is 0 Å². The number of alkyl halides is 1. The lowest BCUT2D eigenvalue weighted by molar-refractivity contribution is -0.128. The van der Waals surface area contributed by atoms with Gasteiger partial charge in [0.2, 0.25) is 5.91 Å². The number of halogens is 1. The second kappa shape index (κ2) is 23.7. The smallest absolute Gasteiger partial charge is 0.256 e. The second-order valence-corrected chi connectivity index (χ2v) is 8.52. The SMILES string of the molecule is CCCC(CC)C(=O)NCC(F)C(=O)NCCOCCOCCOCCOCCOCC(=O)C(C)C. The maximum Gasteiger partial charge on any atom is 0.256 e. The van der Waals surface area contributed by atoms with Gasteiger partial charge in [-0.3, -0.25) is 14.4 Å². The monoisotopic (exact) mass is 522 g/mol. The quantitative estimate of drug-likeness (QED) is 0.174. The summed E-state index contributed by atoms with van der Waals surface area (Å²) in [5.74, 6) is -1.08. The first-order valence-electron chi connectivity index (χ1n) is 12.9. The number of ketones is 1. The van der Waals surface area contributed by atoms with Gasteiger partial charge in [-0.05, 0) is 12.8 Å². The highest BCUT2D eigenvalue weighted by Gasteiger charge is 2.20. The zero-order valence-corrected chi connectivity index (χ0v) is 22.5. The number of ether oxygens (including phenoxy) is 5. The van der Waals surface area contributed by atoms with Crippen molar-refractivity contribution in [2.24, 2.45) is 11.8 Å². The van der Waals surface area contributed by atoms with E-state index < -0.39 is 12.1 Å². The lowest BCUT2D eigenvalue weighted by Gasteiger charge is -2.15. The molecule has 0 aliphatic carbocycles. The molecule has 0 aromatic rings. The molecule has 0 saturated heterocycles. The standard InChI is InChI=1S/C25H47FN2O8/c1-5-7-21(6-2)24(30)28-18-22(26)25(31)27-8-9-32-10-11-33-12-13-34-14-15-35-16-17-36-19-23(29)20(3)4/h20-22H,5-19H2,1-4H3,(H,27,31)(H,28,30). The molecule has 0 aliphatic heterocycles. The summed E-state index contributed by atoms with van der Waals surface area (Å²) in [7, 11) is 0. The number of carbonyl (C=O) groups is 3. The molecule has 2 atom stereocenters. The molecule has 36 heavy (non-hydrogen) atoms. The van der Waals surface area contributed by atoms with Gasteiger partial charge in [-0.2, -0.15) is 0 Å². The molecule has 0 radical (unpaired) electrons. The molecule has 0 aliphatic rings. The molecule has 2 amide bonds. The van der Waals surface area contributed by atoms with Crippen LogP contribution in [0, 0.1) is 11.8 Å². The van der Waals surface area contributed by atoms with Crippen molar-refractivity contribution in [2.45, 2.75) is 53.1 Å². The molecule has 2 N–H and O–H groups in total. The van der Waals surface area contributed by atoms with Crippen molar-refractivity contribution in [2.75, 3.05) is 79.2 Å². The summed E-state index contributed by atoms with van der Waals surface area (Å²) in [5.41, 5.74) is 0. The Hall–Kier alpha value is -1.66. The van der Waals surface area contributed by atoms with Crippen molar-refractivity contribution < 1.29 is 42.5 Å². The van der Waals surface area contributed by atoms with E-state index in [0.29, 0.717) is 59.3 Å². The third-order valence-corrected chi connectivity index (χ3v) is 5.16. The zero-order chi connectivity index (χ0) is 27.0. The highest BCUT2D eigenvalue weighted by molar-refractivity contribution is 5.83. The normalized spacial score (nSPS) is 12.9. The molecule has 0 heterocycles. The van der Waals surface area contributed by atoms with Crippen molar-refractivity contribution in [3.63, 3.8) is 0 Å². The summed E-state index contributed by atoms with van der Waals surface area (Å²) >= 11 is 0. The Labute approximate surface area is 215 Å². The molecule has 0 aromatic carbocycles. The first kappa shape index (κ1) is 34.3. The predicted molar refractivity (Wildman–Crippen MR) is 134 cm³/mol. The van der Waals surface area contributed by atoms with Crippen molar-refractivity contribution >= 4 is 17.6 Å². The van der Waals surface area contributed by atoms with Crippen LogP contribution in [-0.4, -0.2) is 103 Å². The van der Waals surface area contributed by atoms with Crippen LogP contribution in [0.2, 0.25) is 0 Å². The minimum absolute atomic E-state index is 0.0206. The summed E-state index contributed by atoms with van der Waals surface area (Å²) in [6.07, 6.45) is 0.513. The van der Waals surface area contributed by atoms with Crippen LogP contribution in [0.5, 0.6) is 0 Å². The van der Waals surface area contributed by atoms with E-state index in [1.54, 1.807) is 0 Å². The fourth-order valence-electron chi connectivity index (χ4n) is 2.87. The van der Waals surface area contributed by atoms with Gasteiger partial charge < -0.3 is 34.3 Å². The van der Waals surface area contributed by atoms with Crippen LogP contribution in [0.15, 0.2) is 0 Å². The second-order valence-electron chi connectivity index (χ2n) is 8.52. The highest BCUT2D eigenvalue weighted by atomic mass is 19.1. The van der Waals surface area contributed by atoms with Crippen LogP contribution in [0.1, 0.15) is 47.0 Å². The summed E-state index contributed by atoms with van der Waals surface area (Å²) in [6.45, 7) is 10.9. The zero-order valence-electron chi connectivity index (χ0n) is 22.5. The molecule has 0 rings (SSSR count). The van der Waals surface area contributed by atoms with Crippen LogP contribution in [-0.2, 0) is 38.1 Å². The number of hydrogen-bond donors (Lipinski definition) is 2. The topological polar surface area (TPSA) is 121 Å². The summed E-state index contributed by atoms with van der Waals surface area (Å²) < 4.78 is 40.6. The molecule has 0 spiro atoms. The maximum atomic E-state index is 13.9. The van der Waals surface area contributed by atoms with Crippen molar-refractivity contribution in [3.8, 4) is 0 Å². The molecule has 2 unspecified atom stereocenters. The largest absolute Gasteiger partial charge is 0.377 e. The molecular weight excluding hydrogens is 475 g/mol. The van der Waals surface area contributed by atoms with Gasteiger partial charge >= 0.3 is 0 Å². The minimum Gasteiger partial charge on any atom is -0.377 e. The number of Topliss-reactive ketones (excluding diaryl/α,β-unsaturated/α-hetero) is 1. The predicted octanol–water partition coefficient (Wildman–Crippen LogP) is 1.69. The van der Waals surface area contributed by atoms with E-state index in [1.165, 1.54) is 0 Å². The Morgan fingerprint density at radius 3 is 1.69 bits per heavy atom. The van der Waals surface area contributed by atoms with Crippen molar-refractivity contribution in [3.05, 3.63) is 0 Å².